The molecule has 0 aliphatic heterocycles. The van der Waals surface area contributed by atoms with Crippen LogP contribution >= 0.6 is 11.6 Å². The summed E-state index contributed by atoms with van der Waals surface area (Å²) in [7, 11) is 1.37. The maximum Gasteiger partial charge on any atom is 0.316 e. The molecule has 0 saturated carbocycles. The van der Waals surface area contributed by atoms with Crippen LogP contribution in [0.5, 0.6) is 11.5 Å². The standard InChI is InChI=1S/C23H21ClO4/c1-26-23(25)22(16-28-21-13-9-19(24)10-14-21)18-7-11-20(12-8-18)27-15-17-5-3-2-4-6-17/h2-14,22H,15-16H2,1H3. The van der Waals surface area contributed by atoms with E-state index in [2.05, 4.69) is 0 Å². The number of hydrogen-bond donors (Lipinski definition) is 0. The van der Waals surface area contributed by atoms with E-state index in [1.165, 1.54) is 7.11 Å². The molecule has 3 aromatic rings. The Hall–Kier alpha value is -2.98. The first-order valence-corrected chi connectivity index (χ1v) is 9.26. The highest BCUT2D eigenvalue weighted by Gasteiger charge is 2.22. The van der Waals surface area contributed by atoms with Crippen molar-refractivity contribution >= 4 is 17.6 Å². The van der Waals surface area contributed by atoms with E-state index >= 15 is 0 Å². The van der Waals surface area contributed by atoms with E-state index in [-0.39, 0.29) is 12.6 Å². The minimum atomic E-state index is -0.538. The highest BCUT2D eigenvalue weighted by atomic mass is 35.5. The molecule has 0 bridgehead atoms. The van der Waals surface area contributed by atoms with Gasteiger partial charge in [-0.1, -0.05) is 54.1 Å². The van der Waals surface area contributed by atoms with Crippen LogP contribution in [0.1, 0.15) is 17.0 Å². The highest BCUT2D eigenvalue weighted by Crippen LogP contribution is 2.24. The van der Waals surface area contributed by atoms with Gasteiger partial charge in [0, 0.05) is 5.02 Å². The van der Waals surface area contributed by atoms with Crippen molar-refractivity contribution in [1.29, 1.82) is 0 Å². The summed E-state index contributed by atoms with van der Waals surface area (Å²) in [5.41, 5.74) is 1.89. The lowest BCUT2D eigenvalue weighted by atomic mass is 10.00. The van der Waals surface area contributed by atoms with E-state index in [0.29, 0.717) is 17.4 Å². The first kappa shape index (κ1) is 19.8. The van der Waals surface area contributed by atoms with Gasteiger partial charge in [-0.25, -0.2) is 0 Å². The van der Waals surface area contributed by atoms with Crippen LogP contribution in [0.4, 0.5) is 0 Å². The average Bonchev–Trinajstić information content (AvgIpc) is 2.75. The number of ether oxygens (including phenoxy) is 3. The molecule has 28 heavy (non-hydrogen) atoms. The molecular formula is C23H21ClO4. The second kappa shape index (κ2) is 9.81. The van der Waals surface area contributed by atoms with E-state index < -0.39 is 5.92 Å². The molecule has 144 valence electrons. The second-order valence-corrected chi connectivity index (χ2v) is 6.62. The first-order chi connectivity index (χ1) is 13.7. The van der Waals surface area contributed by atoms with Crippen molar-refractivity contribution in [2.75, 3.05) is 13.7 Å². The number of carbonyl (C=O) groups excluding carboxylic acids is 1. The maximum absolute atomic E-state index is 12.2. The summed E-state index contributed by atoms with van der Waals surface area (Å²) in [6.07, 6.45) is 0. The summed E-state index contributed by atoms with van der Waals surface area (Å²) >= 11 is 5.88. The minimum absolute atomic E-state index is 0.165. The van der Waals surface area contributed by atoms with E-state index in [0.717, 1.165) is 16.9 Å². The van der Waals surface area contributed by atoms with E-state index in [4.69, 9.17) is 25.8 Å². The number of benzene rings is 3. The monoisotopic (exact) mass is 396 g/mol. The molecule has 0 radical (unpaired) electrons. The number of esters is 1. The zero-order chi connectivity index (χ0) is 19.8. The molecule has 0 amide bonds. The Labute approximate surface area is 169 Å². The Morgan fingerprint density at radius 3 is 2.11 bits per heavy atom. The summed E-state index contributed by atoms with van der Waals surface area (Å²) in [4.78, 5) is 12.2. The summed E-state index contributed by atoms with van der Waals surface area (Å²) in [5.74, 6) is 0.478. The summed E-state index contributed by atoms with van der Waals surface area (Å²) < 4.78 is 16.5. The van der Waals surface area contributed by atoms with E-state index in [1.54, 1.807) is 24.3 Å². The highest BCUT2D eigenvalue weighted by molar-refractivity contribution is 6.30. The number of methoxy groups -OCH3 is 1. The van der Waals surface area contributed by atoms with Gasteiger partial charge >= 0.3 is 5.97 Å². The van der Waals surface area contributed by atoms with Gasteiger partial charge in [-0.3, -0.25) is 4.79 Å². The lowest BCUT2D eigenvalue weighted by Gasteiger charge is -2.17. The molecule has 0 fully saturated rings. The van der Waals surface area contributed by atoms with Crippen molar-refractivity contribution in [2.45, 2.75) is 12.5 Å². The minimum Gasteiger partial charge on any atom is -0.492 e. The molecule has 0 heterocycles. The van der Waals surface area contributed by atoms with Crippen molar-refractivity contribution in [3.63, 3.8) is 0 Å². The van der Waals surface area contributed by atoms with Gasteiger partial charge in [-0.15, -0.1) is 0 Å². The zero-order valence-electron chi connectivity index (χ0n) is 15.5. The fourth-order valence-electron chi connectivity index (χ4n) is 2.69. The van der Waals surface area contributed by atoms with Crippen molar-refractivity contribution in [1.82, 2.24) is 0 Å². The van der Waals surface area contributed by atoms with Gasteiger partial charge in [0.05, 0.1) is 7.11 Å². The van der Waals surface area contributed by atoms with E-state index in [1.807, 2.05) is 54.6 Å². The van der Waals surface area contributed by atoms with Crippen molar-refractivity contribution in [3.8, 4) is 11.5 Å². The predicted molar refractivity (Wildman–Crippen MR) is 109 cm³/mol. The molecule has 5 heteroatoms. The molecule has 0 aliphatic rings. The normalized spacial score (nSPS) is 11.5. The quantitative estimate of drug-likeness (QED) is 0.487. The van der Waals surface area contributed by atoms with Crippen LogP contribution in [-0.4, -0.2) is 19.7 Å². The van der Waals surface area contributed by atoms with Gasteiger partial charge in [0.15, 0.2) is 0 Å². The first-order valence-electron chi connectivity index (χ1n) is 8.88. The van der Waals surface area contributed by atoms with Crippen LogP contribution in [0.2, 0.25) is 5.02 Å². The third-order valence-electron chi connectivity index (χ3n) is 4.25. The van der Waals surface area contributed by atoms with Gasteiger partial charge in [0.1, 0.15) is 30.6 Å². The number of carbonyl (C=O) groups is 1. The Bertz CT molecular complexity index is 877. The number of rotatable bonds is 8. The fourth-order valence-corrected chi connectivity index (χ4v) is 2.82. The van der Waals surface area contributed by atoms with Gasteiger partial charge < -0.3 is 14.2 Å². The molecular weight excluding hydrogens is 376 g/mol. The third-order valence-corrected chi connectivity index (χ3v) is 4.50. The van der Waals surface area contributed by atoms with Crippen LogP contribution in [0, 0.1) is 0 Å². The van der Waals surface area contributed by atoms with Gasteiger partial charge in [-0.2, -0.15) is 0 Å². The molecule has 0 saturated heterocycles. The summed E-state index contributed by atoms with van der Waals surface area (Å²) in [6, 6.07) is 24.3. The van der Waals surface area contributed by atoms with Crippen LogP contribution in [-0.2, 0) is 16.1 Å². The van der Waals surface area contributed by atoms with Crippen molar-refractivity contribution in [2.24, 2.45) is 0 Å². The van der Waals surface area contributed by atoms with Gasteiger partial charge in [0.25, 0.3) is 0 Å². The van der Waals surface area contributed by atoms with Gasteiger partial charge in [0.2, 0.25) is 0 Å². The lowest BCUT2D eigenvalue weighted by Crippen LogP contribution is -2.21. The summed E-state index contributed by atoms with van der Waals surface area (Å²) in [5, 5.41) is 0.628. The Kier molecular flexibility index (Phi) is 6.93. The largest absolute Gasteiger partial charge is 0.492 e. The van der Waals surface area contributed by atoms with Crippen LogP contribution < -0.4 is 9.47 Å². The van der Waals surface area contributed by atoms with Crippen LogP contribution in [0.15, 0.2) is 78.9 Å². The van der Waals surface area contributed by atoms with Crippen LogP contribution in [0.25, 0.3) is 0 Å². The van der Waals surface area contributed by atoms with Crippen LogP contribution in [0.3, 0.4) is 0 Å². The number of hydrogen-bond acceptors (Lipinski definition) is 4. The van der Waals surface area contributed by atoms with E-state index in [9.17, 15) is 4.79 Å². The Morgan fingerprint density at radius 2 is 1.46 bits per heavy atom. The van der Waals surface area contributed by atoms with Gasteiger partial charge in [-0.05, 0) is 47.5 Å². The second-order valence-electron chi connectivity index (χ2n) is 6.18. The predicted octanol–water partition coefficient (Wildman–Crippen LogP) is 5.25. The fraction of sp³-hybridized carbons (Fsp3) is 0.174. The molecule has 0 spiro atoms. The van der Waals surface area contributed by atoms with Crippen molar-refractivity contribution in [3.05, 3.63) is 95.0 Å². The smallest absolute Gasteiger partial charge is 0.316 e. The number of halogens is 1. The molecule has 0 aliphatic carbocycles. The molecule has 0 aromatic heterocycles. The molecule has 4 nitrogen and oxygen atoms in total. The molecule has 3 aromatic carbocycles. The Morgan fingerprint density at radius 1 is 0.857 bits per heavy atom. The van der Waals surface area contributed by atoms with Crippen molar-refractivity contribution < 1.29 is 19.0 Å². The molecule has 1 atom stereocenters. The third kappa shape index (κ3) is 5.51. The molecule has 1 unspecified atom stereocenters. The Balaban J connectivity index is 1.64. The SMILES string of the molecule is COC(=O)C(COc1ccc(Cl)cc1)c1ccc(OCc2ccccc2)cc1. The topological polar surface area (TPSA) is 44.8 Å². The average molecular weight is 397 g/mol. The summed E-state index contributed by atoms with van der Waals surface area (Å²) in [6.45, 7) is 0.652. The molecule has 3 rings (SSSR count). The molecule has 0 N–H and O–H groups in total. The zero-order valence-corrected chi connectivity index (χ0v) is 16.3. The lowest BCUT2D eigenvalue weighted by molar-refractivity contribution is -0.143. The maximum atomic E-state index is 12.2.